The Morgan fingerprint density at radius 2 is 2.00 bits per heavy atom. The van der Waals surface area contributed by atoms with Gasteiger partial charge < -0.3 is 10.4 Å². The fraction of sp³-hybridized carbons (Fsp3) is 0. The maximum Gasteiger partial charge on any atom is 0.257 e. The van der Waals surface area contributed by atoms with Crippen molar-refractivity contribution in [2.75, 3.05) is 5.32 Å². The van der Waals surface area contributed by atoms with E-state index in [0.717, 1.165) is 10.9 Å². The first-order valence-corrected chi connectivity index (χ1v) is 6.66. The Hall–Kier alpha value is -2.59. The van der Waals surface area contributed by atoms with Crippen molar-refractivity contribution in [1.29, 1.82) is 0 Å². The molecule has 0 radical (unpaired) electrons. The molecule has 1 aromatic heterocycles. The first kappa shape index (κ1) is 13.4. The maximum atomic E-state index is 12.2. The van der Waals surface area contributed by atoms with E-state index < -0.39 is 0 Å². The molecule has 0 aliphatic rings. The van der Waals surface area contributed by atoms with Gasteiger partial charge in [-0.1, -0.05) is 17.7 Å². The fourth-order valence-electron chi connectivity index (χ4n) is 2.04. The van der Waals surface area contributed by atoms with Crippen molar-refractivity contribution in [1.82, 2.24) is 4.98 Å². The first-order chi connectivity index (χ1) is 10.1. The Morgan fingerprint density at radius 1 is 1.14 bits per heavy atom. The summed E-state index contributed by atoms with van der Waals surface area (Å²) >= 11 is 5.97. The highest BCUT2D eigenvalue weighted by molar-refractivity contribution is 6.34. The van der Waals surface area contributed by atoms with Gasteiger partial charge in [-0.3, -0.25) is 9.78 Å². The summed E-state index contributed by atoms with van der Waals surface area (Å²) in [5, 5.41) is 13.4. The van der Waals surface area contributed by atoms with Crippen LogP contribution in [0.5, 0.6) is 5.75 Å². The third-order valence-electron chi connectivity index (χ3n) is 3.06. The third-order valence-corrected chi connectivity index (χ3v) is 3.39. The van der Waals surface area contributed by atoms with Crippen LogP contribution in [-0.2, 0) is 0 Å². The van der Waals surface area contributed by atoms with Crippen LogP contribution in [0.15, 0.2) is 54.7 Å². The van der Waals surface area contributed by atoms with Gasteiger partial charge in [-0.2, -0.15) is 0 Å². The Labute approximate surface area is 126 Å². The van der Waals surface area contributed by atoms with Crippen LogP contribution in [0.1, 0.15) is 10.4 Å². The van der Waals surface area contributed by atoms with Crippen LogP contribution in [0.25, 0.3) is 10.9 Å². The lowest BCUT2D eigenvalue weighted by molar-refractivity contribution is 0.102. The summed E-state index contributed by atoms with van der Waals surface area (Å²) in [5.74, 6) is -0.383. The fourth-order valence-corrected chi connectivity index (χ4v) is 2.24. The van der Waals surface area contributed by atoms with Crippen LogP contribution in [0.4, 0.5) is 5.69 Å². The van der Waals surface area contributed by atoms with Crippen molar-refractivity contribution in [2.24, 2.45) is 0 Å². The van der Waals surface area contributed by atoms with Crippen molar-refractivity contribution < 1.29 is 9.90 Å². The highest BCUT2D eigenvalue weighted by Crippen LogP contribution is 2.23. The number of amides is 1. The van der Waals surface area contributed by atoms with Crippen molar-refractivity contribution in [2.45, 2.75) is 0 Å². The number of hydrogen-bond donors (Lipinski definition) is 2. The van der Waals surface area contributed by atoms with E-state index in [2.05, 4.69) is 10.3 Å². The number of anilines is 1. The minimum absolute atomic E-state index is 0.00717. The number of aromatic hydroxyl groups is 1. The summed E-state index contributed by atoms with van der Waals surface area (Å²) < 4.78 is 0. The third kappa shape index (κ3) is 2.80. The minimum Gasteiger partial charge on any atom is -0.508 e. The number of rotatable bonds is 2. The Bertz CT molecular complexity index is 833. The number of phenols is 1. The molecule has 0 spiro atoms. The molecule has 1 amide bonds. The van der Waals surface area contributed by atoms with Gasteiger partial charge in [0.2, 0.25) is 0 Å². The number of aromatic nitrogens is 1. The van der Waals surface area contributed by atoms with Gasteiger partial charge in [0.15, 0.2) is 0 Å². The van der Waals surface area contributed by atoms with Crippen LogP contribution in [-0.4, -0.2) is 16.0 Å². The quantitative estimate of drug-likeness (QED) is 0.755. The molecule has 21 heavy (non-hydrogen) atoms. The Morgan fingerprint density at radius 3 is 2.86 bits per heavy atom. The summed E-state index contributed by atoms with van der Waals surface area (Å²) in [6, 6.07) is 13.4. The molecule has 2 aromatic carbocycles. The molecule has 2 N–H and O–H groups in total. The van der Waals surface area contributed by atoms with Crippen molar-refractivity contribution >= 4 is 34.1 Å². The van der Waals surface area contributed by atoms with Gasteiger partial charge in [-0.05, 0) is 42.5 Å². The number of nitrogens with zero attached hydrogens (tertiary/aromatic N) is 1. The maximum absolute atomic E-state index is 12.2. The number of halogens is 1. The SMILES string of the molecule is O=C(Nc1ccc2ncccc2c1)c1cc(O)ccc1Cl. The molecule has 0 atom stereocenters. The van der Waals surface area contributed by atoms with E-state index >= 15 is 0 Å². The lowest BCUT2D eigenvalue weighted by Crippen LogP contribution is -2.12. The van der Waals surface area contributed by atoms with E-state index in [0.29, 0.717) is 5.69 Å². The zero-order chi connectivity index (χ0) is 14.8. The molecule has 5 heteroatoms. The molecule has 0 fully saturated rings. The minimum atomic E-state index is -0.376. The second-order valence-corrected chi connectivity index (χ2v) is 4.94. The predicted octanol–water partition coefficient (Wildman–Crippen LogP) is 3.85. The van der Waals surface area contributed by atoms with Crippen molar-refractivity contribution in [3.05, 3.63) is 65.3 Å². The zero-order valence-electron chi connectivity index (χ0n) is 10.9. The topological polar surface area (TPSA) is 62.2 Å². The molecular formula is C16H11ClN2O2. The van der Waals surface area contributed by atoms with E-state index in [-0.39, 0.29) is 22.2 Å². The molecule has 0 bridgehead atoms. The van der Waals surface area contributed by atoms with Gasteiger partial charge in [-0.15, -0.1) is 0 Å². The molecule has 104 valence electrons. The van der Waals surface area contributed by atoms with Gasteiger partial charge >= 0.3 is 0 Å². The van der Waals surface area contributed by atoms with E-state index in [9.17, 15) is 9.90 Å². The highest BCUT2D eigenvalue weighted by atomic mass is 35.5. The van der Waals surface area contributed by atoms with Crippen molar-refractivity contribution in [3.63, 3.8) is 0 Å². The van der Waals surface area contributed by atoms with Crippen LogP contribution in [0.2, 0.25) is 5.02 Å². The van der Waals surface area contributed by atoms with Crippen molar-refractivity contribution in [3.8, 4) is 5.75 Å². The van der Waals surface area contributed by atoms with Gasteiger partial charge in [0.05, 0.1) is 16.1 Å². The lowest BCUT2D eigenvalue weighted by atomic mass is 10.1. The summed E-state index contributed by atoms with van der Waals surface area (Å²) in [7, 11) is 0. The lowest BCUT2D eigenvalue weighted by Gasteiger charge is -2.08. The molecule has 0 unspecified atom stereocenters. The highest BCUT2D eigenvalue weighted by Gasteiger charge is 2.11. The van der Waals surface area contributed by atoms with Gasteiger partial charge in [0, 0.05) is 17.3 Å². The number of pyridine rings is 1. The number of hydrogen-bond acceptors (Lipinski definition) is 3. The smallest absolute Gasteiger partial charge is 0.257 e. The Balaban J connectivity index is 1.90. The summed E-state index contributed by atoms with van der Waals surface area (Å²) in [6.45, 7) is 0. The summed E-state index contributed by atoms with van der Waals surface area (Å²) in [6.07, 6.45) is 1.72. The van der Waals surface area contributed by atoms with E-state index in [1.807, 2.05) is 24.3 Å². The van der Waals surface area contributed by atoms with E-state index in [1.54, 1.807) is 12.3 Å². The number of carbonyl (C=O) groups is 1. The van der Waals surface area contributed by atoms with Crippen LogP contribution in [0, 0.1) is 0 Å². The van der Waals surface area contributed by atoms with E-state index in [1.165, 1.54) is 18.2 Å². The normalized spacial score (nSPS) is 10.5. The van der Waals surface area contributed by atoms with Crippen LogP contribution >= 0.6 is 11.6 Å². The number of phenolic OH excluding ortho intramolecular Hbond substituents is 1. The Kier molecular flexibility index (Phi) is 3.46. The van der Waals surface area contributed by atoms with Gasteiger partial charge in [-0.25, -0.2) is 0 Å². The number of fused-ring (bicyclic) bond motifs is 1. The molecule has 0 saturated heterocycles. The average Bonchev–Trinajstić information content (AvgIpc) is 2.49. The first-order valence-electron chi connectivity index (χ1n) is 6.28. The molecule has 3 aromatic rings. The van der Waals surface area contributed by atoms with Crippen LogP contribution in [0.3, 0.4) is 0 Å². The number of nitrogens with one attached hydrogen (secondary N) is 1. The number of carbonyl (C=O) groups excluding carboxylic acids is 1. The molecule has 0 aliphatic heterocycles. The molecule has 0 saturated carbocycles. The summed E-state index contributed by atoms with van der Waals surface area (Å²) in [4.78, 5) is 16.4. The standard InChI is InChI=1S/C16H11ClN2O2/c17-14-5-4-12(20)9-13(14)16(21)19-11-3-6-15-10(8-11)2-1-7-18-15/h1-9,20H,(H,19,21). The average molecular weight is 299 g/mol. The van der Waals surface area contributed by atoms with Crippen LogP contribution < -0.4 is 5.32 Å². The second-order valence-electron chi connectivity index (χ2n) is 4.53. The predicted molar refractivity (Wildman–Crippen MR) is 82.8 cm³/mol. The zero-order valence-corrected chi connectivity index (χ0v) is 11.6. The second kappa shape index (κ2) is 5.42. The monoisotopic (exact) mass is 298 g/mol. The molecule has 4 nitrogen and oxygen atoms in total. The number of benzene rings is 2. The van der Waals surface area contributed by atoms with Gasteiger partial charge in [0.1, 0.15) is 5.75 Å². The molecule has 1 heterocycles. The molecular weight excluding hydrogens is 288 g/mol. The van der Waals surface area contributed by atoms with E-state index in [4.69, 9.17) is 11.6 Å². The molecule has 3 rings (SSSR count). The summed E-state index contributed by atoms with van der Waals surface area (Å²) in [5.41, 5.74) is 1.72. The molecule has 0 aliphatic carbocycles. The van der Waals surface area contributed by atoms with Gasteiger partial charge in [0.25, 0.3) is 5.91 Å². The largest absolute Gasteiger partial charge is 0.508 e.